The van der Waals surface area contributed by atoms with E-state index in [1.807, 2.05) is 6.08 Å². The Hall–Kier alpha value is -1.31. The molecule has 4 aliphatic rings. The van der Waals surface area contributed by atoms with Gasteiger partial charge < -0.3 is 5.11 Å². The fourth-order valence-electron chi connectivity index (χ4n) is 5.78. The zero-order chi connectivity index (χ0) is 14.8. The molecule has 0 aromatic rings. The van der Waals surface area contributed by atoms with Gasteiger partial charge in [0.25, 0.3) is 0 Å². The van der Waals surface area contributed by atoms with E-state index in [1.165, 1.54) is 30.9 Å². The lowest BCUT2D eigenvalue weighted by Crippen LogP contribution is -2.51. The summed E-state index contributed by atoms with van der Waals surface area (Å²) in [7, 11) is 0. The lowest BCUT2D eigenvalue weighted by Gasteiger charge is -2.55. The second-order valence-corrected chi connectivity index (χ2v) is 7.90. The van der Waals surface area contributed by atoms with E-state index >= 15 is 0 Å². The van der Waals surface area contributed by atoms with Gasteiger partial charge in [-0.05, 0) is 68.3 Å². The summed E-state index contributed by atoms with van der Waals surface area (Å²) < 4.78 is 0. The molecule has 4 rings (SSSR count). The Bertz CT molecular complexity index is 597. The number of allylic oxidation sites excluding steroid dienone is 5. The third kappa shape index (κ3) is 1.62. The van der Waals surface area contributed by atoms with Crippen LogP contribution in [0.15, 0.2) is 35.6 Å². The highest BCUT2D eigenvalue weighted by molar-refractivity contribution is 5.99. The molecule has 0 radical (unpaired) electrons. The predicted molar refractivity (Wildman–Crippen MR) is 82.7 cm³/mol. The summed E-state index contributed by atoms with van der Waals surface area (Å²) in [6.07, 6.45) is 13.7. The van der Waals surface area contributed by atoms with Crippen LogP contribution < -0.4 is 0 Å². The molecule has 112 valence electrons. The third-order valence-corrected chi connectivity index (χ3v) is 7.03. The molecular weight excluding hydrogens is 260 g/mol. The third-order valence-electron chi connectivity index (χ3n) is 7.03. The van der Waals surface area contributed by atoms with Crippen LogP contribution in [0.4, 0.5) is 0 Å². The second-order valence-electron chi connectivity index (χ2n) is 7.90. The summed E-state index contributed by atoms with van der Waals surface area (Å²) in [6.45, 7) is 4.53. The van der Waals surface area contributed by atoms with E-state index in [0.29, 0.717) is 23.2 Å². The first-order chi connectivity index (χ1) is 9.95. The molecule has 5 atom stereocenters. The van der Waals surface area contributed by atoms with Crippen LogP contribution in [0, 0.1) is 28.6 Å². The topological polar surface area (TPSA) is 37.3 Å². The Morgan fingerprint density at radius 3 is 2.81 bits per heavy atom. The summed E-state index contributed by atoms with van der Waals surface area (Å²) in [5.74, 6) is 2.09. The van der Waals surface area contributed by atoms with Gasteiger partial charge in [0.05, 0.1) is 5.41 Å². The first kappa shape index (κ1) is 13.4. The molecule has 1 N–H and O–H groups in total. The molecule has 0 saturated heterocycles. The van der Waals surface area contributed by atoms with Gasteiger partial charge >= 0.3 is 0 Å². The smallest absolute Gasteiger partial charge is 0.169 e. The number of ketones is 1. The fraction of sp³-hybridized carbons (Fsp3) is 0.632. The van der Waals surface area contributed by atoms with Crippen molar-refractivity contribution in [2.24, 2.45) is 28.6 Å². The van der Waals surface area contributed by atoms with Gasteiger partial charge in [-0.2, -0.15) is 0 Å². The number of carbonyl (C=O) groups is 1. The van der Waals surface area contributed by atoms with Gasteiger partial charge in [0.15, 0.2) is 5.78 Å². The molecule has 2 nitrogen and oxygen atoms in total. The van der Waals surface area contributed by atoms with Crippen LogP contribution >= 0.6 is 0 Å². The zero-order valence-corrected chi connectivity index (χ0v) is 12.9. The Balaban J connectivity index is 1.74. The Morgan fingerprint density at radius 2 is 2.00 bits per heavy atom. The van der Waals surface area contributed by atoms with Crippen LogP contribution in [0.5, 0.6) is 0 Å². The highest BCUT2D eigenvalue weighted by atomic mass is 16.3. The largest absolute Gasteiger partial charge is 0.508 e. The van der Waals surface area contributed by atoms with Gasteiger partial charge in [-0.3, -0.25) is 4.79 Å². The summed E-state index contributed by atoms with van der Waals surface area (Å²) in [6, 6.07) is 0. The molecule has 2 heteroatoms. The molecule has 0 heterocycles. The number of hydrogen-bond donors (Lipinski definition) is 1. The summed E-state index contributed by atoms with van der Waals surface area (Å²) in [5.41, 5.74) is 1.16. The lowest BCUT2D eigenvalue weighted by atomic mass is 9.47. The van der Waals surface area contributed by atoms with Gasteiger partial charge in [-0.15, -0.1) is 0 Å². The summed E-state index contributed by atoms with van der Waals surface area (Å²) in [5, 5.41) is 9.77. The Labute approximate surface area is 126 Å². The molecule has 0 aromatic heterocycles. The van der Waals surface area contributed by atoms with E-state index in [1.54, 1.807) is 0 Å². The van der Waals surface area contributed by atoms with Crippen molar-refractivity contribution in [1.29, 1.82) is 0 Å². The highest BCUT2D eigenvalue weighted by Crippen LogP contribution is 2.62. The molecule has 2 saturated carbocycles. The normalized spacial score (nSPS) is 48.1. The quantitative estimate of drug-likeness (QED) is 0.672. The van der Waals surface area contributed by atoms with Crippen molar-refractivity contribution < 1.29 is 9.90 Å². The van der Waals surface area contributed by atoms with Crippen LogP contribution in [0.25, 0.3) is 0 Å². The molecule has 0 aromatic carbocycles. The van der Waals surface area contributed by atoms with Crippen LogP contribution in [-0.2, 0) is 4.79 Å². The highest BCUT2D eigenvalue weighted by Gasteiger charge is 2.57. The average molecular weight is 284 g/mol. The first-order valence-electron chi connectivity index (χ1n) is 8.29. The van der Waals surface area contributed by atoms with Crippen LogP contribution in [-0.4, -0.2) is 10.9 Å². The Morgan fingerprint density at radius 1 is 1.19 bits per heavy atom. The number of aliphatic hydroxyl groups excluding tert-OH is 1. The van der Waals surface area contributed by atoms with E-state index < -0.39 is 0 Å². The Kier molecular flexibility index (Phi) is 2.62. The predicted octanol–water partition coefficient (Wildman–Crippen LogP) is 4.35. The molecule has 5 unspecified atom stereocenters. The van der Waals surface area contributed by atoms with E-state index in [4.69, 9.17) is 0 Å². The minimum absolute atomic E-state index is 0.127. The number of carbonyl (C=O) groups excluding carboxylic acids is 1. The molecule has 0 amide bonds. The molecule has 4 aliphatic carbocycles. The first-order valence-corrected chi connectivity index (χ1v) is 8.29. The van der Waals surface area contributed by atoms with Crippen molar-refractivity contribution in [3.8, 4) is 0 Å². The van der Waals surface area contributed by atoms with E-state index in [2.05, 4.69) is 26.0 Å². The number of aliphatic hydroxyl groups is 1. The van der Waals surface area contributed by atoms with Crippen molar-refractivity contribution in [2.45, 2.75) is 46.0 Å². The summed E-state index contributed by atoms with van der Waals surface area (Å²) in [4.78, 5) is 12.7. The van der Waals surface area contributed by atoms with Crippen molar-refractivity contribution in [1.82, 2.24) is 0 Å². The molecular formula is C19H24O2. The lowest BCUT2D eigenvalue weighted by molar-refractivity contribution is -0.130. The number of hydrogen-bond acceptors (Lipinski definition) is 2. The summed E-state index contributed by atoms with van der Waals surface area (Å²) >= 11 is 0. The van der Waals surface area contributed by atoms with Crippen molar-refractivity contribution in [2.75, 3.05) is 0 Å². The minimum Gasteiger partial charge on any atom is -0.508 e. The second kappa shape index (κ2) is 4.12. The van der Waals surface area contributed by atoms with Gasteiger partial charge in [0.1, 0.15) is 5.76 Å². The van der Waals surface area contributed by atoms with Crippen molar-refractivity contribution >= 4 is 5.78 Å². The maximum absolute atomic E-state index is 12.7. The van der Waals surface area contributed by atoms with Crippen LogP contribution in [0.3, 0.4) is 0 Å². The number of fused-ring (bicyclic) bond motifs is 5. The standard InChI is InChI=1S/C19H24O2/c1-18-8-3-4-15(18)14-6-5-12-10-13(20)11-17(21)19(12,2)16(14)7-9-18/h3,8,10-11,14-16,20H,4-7,9H2,1-2H3. The van der Waals surface area contributed by atoms with Gasteiger partial charge in [-0.25, -0.2) is 0 Å². The fourth-order valence-corrected chi connectivity index (χ4v) is 5.78. The van der Waals surface area contributed by atoms with Crippen molar-refractivity contribution in [3.63, 3.8) is 0 Å². The molecule has 21 heavy (non-hydrogen) atoms. The van der Waals surface area contributed by atoms with Gasteiger partial charge in [0.2, 0.25) is 0 Å². The van der Waals surface area contributed by atoms with E-state index in [0.717, 1.165) is 12.8 Å². The monoisotopic (exact) mass is 284 g/mol. The molecule has 0 spiro atoms. The van der Waals surface area contributed by atoms with Crippen molar-refractivity contribution in [3.05, 3.63) is 35.6 Å². The maximum atomic E-state index is 12.7. The molecule has 2 fully saturated rings. The number of rotatable bonds is 0. The minimum atomic E-state index is -0.362. The average Bonchev–Trinajstić information content (AvgIpc) is 2.82. The maximum Gasteiger partial charge on any atom is 0.169 e. The van der Waals surface area contributed by atoms with E-state index in [9.17, 15) is 9.90 Å². The molecule has 0 bridgehead atoms. The van der Waals surface area contributed by atoms with Crippen LogP contribution in [0.1, 0.15) is 46.0 Å². The molecule has 0 aliphatic heterocycles. The van der Waals surface area contributed by atoms with Crippen LogP contribution in [0.2, 0.25) is 0 Å². The zero-order valence-electron chi connectivity index (χ0n) is 12.9. The van der Waals surface area contributed by atoms with Gasteiger partial charge in [0, 0.05) is 6.08 Å². The van der Waals surface area contributed by atoms with E-state index in [-0.39, 0.29) is 17.0 Å². The SMILES string of the molecule is CC12C=CCC1C1CCC3=CC(O)=CC(=O)C3(C)C1CC2. The van der Waals surface area contributed by atoms with Gasteiger partial charge in [-0.1, -0.05) is 24.6 Å².